The van der Waals surface area contributed by atoms with Crippen LogP contribution in [-0.2, 0) is 9.53 Å². The molecule has 0 radical (unpaired) electrons. The van der Waals surface area contributed by atoms with Gasteiger partial charge in [0.2, 0.25) is 0 Å². The van der Waals surface area contributed by atoms with Gasteiger partial charge in [0.15, 0.2) is 0 Å². The summed E-state index contributed by atoms with van der Waals surface area (Å²) >= 11 is 0. The number of Topliss-reactive ketones (excluding diaryl/α,β-unsaturated/α-hetero) is 1. The van der Waals surface area contributed by atoms with Crippen molar-refractivity contribution < 1.29 is 14.3 Å². The molecule has 19 heavy (non-hydrogen) atoms. The summed E-state index contributed by atoms with van der Waals surface area (Å²) in [6, 6.07) is 7.12. The molecule has 3 rings (SSSR count). The van der Waals surface area contributed by atoms with E-state index < -0.39 is 11.7 Å². The van der Waals surface area contributed by atoms with E-state index >= 15 is 0 Å². The number of carbonyl (C=O) groups is 2. The largest absolute Gasteiger partial charge is 0.374 e. The molecule has 1 saturated heterocycles. The summed E-state index contributed by atoms with van der Waals surface area (Å²) in [5.74, 6) is -0.863. The van der Waals surface area contributed by atoms with Crippen molar-refractivity contribution in [2.75, 3.05) is 38.2 Å². The maximum Gasteiger partial charge on any atom is 0.299 e. The average molecular weight is 260 g/mol. The molecular weight excluding hydrogens is 244 g/mol. The fourth-order valence-electron chi connectivity index (χ4n) is 2.61. The van der Waals surface area contributed by atoms with Gasteiger partial charge in [0, 0.05) is 13.1 Å². The molecule has 0 aliphatic carbocycles. The molecule has 2 heterocycles. The highest BCUT2D eigenvalue weighted by Crippen LogP contribution is 2.28. The molecule has 1 unspecified atom stereocenters. The lowest BCUT2D eigenvalue weighted by molar-refractivity contribution is -0.115. The molecule has 1 atom stereocenters. The van der Waals surface area contributed by atoms with Crippen molar-refractivity contribution in [3.8, 4) is 0 Å². The zero-order valence-corrected chi connectivity index (χ0v) is 10.8. The first-order valence-electron chi connectivity index (χ1n) is 6.42. The number of para-hydroxylation sites is 1. The third kappa shape index (κ3) is 2.15. The first kappa shape index (κ1) is 12.3. The maximum absolute atomic E-state index is 12.0. The van der Waals surface area contributed by atoms with Gasteiger partial charge in [-0.3, -0.25) is 9.59 Å². The molecular formula is C14H16N2O3. The lowest BCUT2D eigenvalue weighted by atomic mass is 10.1. The predicted octanol–water partition coefficient (Wildman–Crippen LogP) is 0.546. The van der Waals surface area contributed by atoms with Gasteiger partial charge < -0.3 is 14.5 Å². The second kappa shape index (κ2) is 4.75. The van der Waals surface area contributed by atoms with Gasteiger partial charge in [0.25, 0.3) is 11.7 Å². The van der Waals surface area contributed by atoms with Crippen LogP contribution in [0, 0.1) is 0 Å². The van der Waals surface area contributed by atoms with Gasteiger partial charge in [-0.25, -0.2) is 0 Å². The molecule has 1 aromatic carbocycles. The van der Waals surface area contributed by atoms with E-state index in [1.807, 2.05) is 19.2 Å². The fraction of sp³-hybridized carbons (Fsp3) is 0.429. The van der Waals surface area contributed by atoms with E-state index in [4.69, 9.17) is 4.74 Å². The van der Waals surface area contributed by atoms with Crippen molar-refractivity contribution in [2.24, 2.45) is 0 Å². The molecule has 5 nitrogen and oxygen atoms in total. The lowest BCUT2D eigenvalue weighted by Crippen LogP contribution is -2.47. The van der Waals surface area contributed by atoms with Gasteiger partial charge in [-0.05, 0) is 19.2 Å². The lowest BCUT2D eigenvalue weighted by Gasteiger charge is -2.32. The number of fused-ring (bicyclic) bond motifs is 1. The molecule has 2 aliphatic rings. The van der Waals surface area contributed by atoms with E-state index in [1.54, 1.807) is 17.0 Å². The maximum atomic E-state index is 12.0. The summed E-state index contributed by atoms with van der Waals surface area (Å²) in [4.78, 5) is 27.6. The van der Waals surface area contributed by atoms with Gasteiger partial charge in [-0.1, -0.05) is 12.1 Å². The van der Waals surface area contributed by atoms with Crippen LogP contribution in [0.5, 0.6) is 0 Å². The van der Waals surface area contributed by atoms with Crippen LogP contribution in [-0.4, -0.2) is 56.0 Å². The number of anilines is 1. The SMILES string of the molecule is CN1CCOC(CN2C(=O)C(=O)c3ccccc32)C1. The second-order valence-corrected chi connectivity index (χ2v) is 5.02. The smallest absolute Gasteiger partial charge is 0.299 e. The summed E-state index contributed by atoms with van der Waals surface area (Å²) in [5, 5.41) is 0. The molecule has 0 spiro atoms. The highest BCUT2D eigenvalue weighted by molar-refractivity contribution is 6.52. The summed E-state index contributed by atoms with van der Waals surface area (Å²) in [5.41, 5.74) is 1.20. The number of hydrogen-bond acceptors (Lipinski definition) is 4. The minimum atomic E-state index is -0.446. The van der Waals surface area contributed by atoms with Crippen molar-refractivity contribution >= 4 is 17.4 Å². The zero-order valence-electron chi connectivity index (χ0n) is 10.8. The Balaban J connectivity index is 1.81. The Labute approximate surface area is 111 Å². The molecule has 0 saturated carbocycles. The number of ether oxygens (including phenoxy) is 1. The Morgan fingerprint density at radius 3 is 2.89 bits per heavy atom. The number of amides is 1. The number of likely N-dealkylation sites (N-methyl/N-ethyl adjacent to an activating group) is 1. The number of carbonyl (C=O) groups excluding carboxylic acids is 2. The molecule has 5 heteroatoms. The minimum Gasteiger partial charge on any atom is -0.374 e. The topological polar surface area (TPSA) is 49.9 Å². The summed E-state index contributed by atoms with van der Waals surface area (Å²) in [6.45, 7) is 2.78. The fourth-order valence-corrected chi connectivity index (χ4v) is 2.61. The van der Waals surface area contributed by atoms with E-state index in [0.717, 1.165) is 13.1 Å². The van der Waals surface area contributed by atoms with E-state index in [9.17, 15) is 9.59 Å². The Hall–Kier alpha value is -1.72. The molecule has 1 amide bonds. The van der Waals surface area contributed by atoms with Crippen LogP contribution in [0.25, 0.3) is 0 Å². The Morgan fingerprint density at radius 1 is 1.32 bits per heavy atom. The van der Waals surface area contributed by atoms with Gasteiger partial charge >= 0.3 is 0 Å². The van der Waals surface area contributed by atoms with Crippen LogP contribution in [0.2, 0.25) is 0 Å². The summed E-state index contributed by atoms with van der Waals surface area (Å²) < 4.78 is 5.66. The van der Waals surface area contributed by atoms with Crippen LogP contribution in [0.15, 0.2) is 24.3 Å². The van der Waals surface area contributed by atoms with Crippen LogP contribution < -0.4 is 4.90 Å². The molecule has 2 aliphatic heterocycles. The van der Waals surface area contributed by atoms with E-state index in [-0.39, 0.29) is 6.10 Å². The van der Waals surface area contributed by atoms with Crippen LogP contribution in [0.4, 0.5) is 5.69 Å². The highest BCUT2D eigenvalue weighted by atomic mass is 16.5. The first-order chi connectivity index (χ1) is 9.16. The normalized spacial score (nSPS) is 23.8. The van der Waals surface area contributed by atoms with Gasteiger partial charge in [0.05, 0.1) is 30.5 Å². The number of rotatable bonds is 2. The summed E-state index contributed by atoms with van der Waals surface area (Å²) in [7, 11) is 2.03. The van der Waals surface area contributed by atoms with Crippen molar-refractivity contribution in [1.29, 1.82) is 0 Å². The molecule has 1 fully saturated rings. The predicted molar refractivity (Wildman–Crippen MR) is 70.4 cm³/mol. The van der Waals surface area contributed by atoms with Gasteiger partial charge in [-0.2, -0.15) is 0 Å². The third-order valence-corrected chi connectivity index (χ3v) is 3.61. The monoisotopic (exact) mass is 260 g/mol. The number of benzene rings is 1. The van der Waals surface area contributed by atoms with E-state index in [0.29, 0.717) is 24.4 Å². The number of nitrogens with zero attached hydrogens (tertiary/aromatic N) is 2. The second-order valence-electron chi connectivity index (χ2n) is 5.02. The molecule has 0 aromatic heterocycles. The number of morpholine rings is 1. The van der Waals surface area contributed by atoms with Gasteiger partial charge in [-0.15, -0.1) is 0 Å². The highest BCUT2D eigenvalue weighted by Gasteiger charge is 2.37. The van der Waals surface area contributed by atoms with Crippen molar-refractivity contribution in [3.05, 3.63) is 29.8 Å². The number of hydrogen-bond donors (Lipinski definition) is 0. The standard InChI is InChI=1S/C14H16N2O3/c1-15-6-7-19-10(8-15)9-16-12-5-3-2-4-11(12)13(17)14(16)18/h2-5,10H,6-9H2,1H3. The molecule has 0 bridgehead atoms. The molecule has 100 valence electrons. The minimum absolute atomic E-state index is 0.0401. The first-order valence-corrected chi connectivity index (χ1v) is 6.42. The van der Waals surface area contributed by atoms with Gasteiger partial charge in [0.1, 0.15) is 0 Å². The quantitative estimate of drug-likeness (QED) is 0.729. The van der Waals surface area contributed by atoms with Crippen LogP contribution in [0.1, 0.15) is 10.4 Å². The van der Waals surface area contributed by atoms with Crippen molar-refractivity contribution in [2.45, 2.75) is 6.10 Å². The van der Waals surface area contributed by atoms with E-state index in [1.165, 1.54) is 0 Å². The van der Waals surface area contributed by atoms with E-state index in [2.05, 4.69) is 4.90 Å². The number of ketones is 1. The zero-order chi connectivity index (χ0) is 13.4. The van der Waals surface area contributed by atoms with Crippen molar-refractivity contribution in [1.82, 2.24) is 4.90 Å². The van der Waals surface area contributed by atoms with Crippen molar-refractivity contribution in [3.63, 3.8) is 0 Å². The molecule has 1 aromatic rings. The molecule has 0 N–H and O–H groups in total. The van der Waals surface area contributed by atoms with Crippen LogP contribution >= 0.6 is 0 Å². The van der Waals surface area contributed by atoms with Crippen LogP contribution in [0.3, 0.4) is 0 Å². The Morgan fingerprint density at radius 2 is 2.11 bits per heavy atom. The Kier molecular flexibility index (Phi) is 3.08. The average Bonchev–Trinajstić information content (AvgIpc) is 2.65. The summed E-state index contributed by atoms with van der Waals surface area (Å²) in [6.07, 6.45) is -0.0401. The third-order valence-electron chi connectivity index (χ3n) is 3.61. The Bertz CT molecular complexity index is 529.